The van der Waals surface area contributed by atoms with Gasteiger partial charge in [0.25, 0.3) is 0 Å². The lowest BCUT2D eigenvalue weighted by molar-refractivity contribution is -0.147. The van der Waals surface area contributed by atoms with Crippen LogP contribution in [0.15, 0.2) is 30.3 Å². The summed E-state index contributed by atoms with van der Waals surface area (Å²) in [5.74, 6) is -1.55. The summed E-state index contributed by atoms with van der Waals surface area (Å²) in [4.78, 5) is 57.3. The number of carbonyl (C=O) groups is 4. The number of nitrogens with zero attached hydrogens (tertiary/aromatic N) is 2. The molecule has 0 radical (unpaired) electrons. The van der Waals surface area contributed by atoms with Gasteiger partial charge in [0, 0.05) is 34.4 Å². The number of hydrogen-bond acceptors (Lipinski definition) is 7. The fourth-order valence-corrected chi connectivity index (χ4v) is 6.50. The first-order valence-electron chi connectivity index (χ1n) is 17.1. The van der Waals surface area contributed by atoms with Crippen LogP contribution in [0, 0.1) is 17.8 Å². The minimum Gasteiger partial charge on any atom is -0.379 e. The Morgan fingerprint density at radius 2 is 1.70 bits per heavy atom. The zero-order valence-corrected chi connectivity index (χ0v) is 30.4. The summed E-state index contributed by atoms with van der Waals surface area (Å²) in [6.45, 7) is 13.9. The Morgan fingerprint density at radius 3 is 2.23 bits per heavy atom. The maximum absolute atomic E-state index is 14.0. The highest BCUT2D eigenvalue weighted by atomic mass is 16.5. The van der Waals surface area contributed by atoms with Crippen LogP contribution in [-0.4, -0.2) is 104 Å². The molecule has 47 heavy (non-hydrogen) atoms. The molecule has 7 atom stereocenters. The molecule has 1 aromatic carbocycles. The van der Waals surface area contributed by atoms with Gasteiger partial charge in [-0.2, -0.15) is 0 Å². The molecular formula is C36H61N5O6. The van der Waals surface area contributed by atoms with E-state index in [1.165, 1.54) is 0 Å². The van der Waals surface area contributed by atoms with E-state index in [9.17, 15) is 19.2 Å². The molecule has 11 heteroatoms. The Hall–Kier alpha value is -3.02. The average Bonchev–Trinajstić information content (AvgIpc) is 3.52. The van der Waals surface area contributed by atoms with E-state index in [0.29, 0.717) is 13.1 Å². The topological polar surface area (TPSA) is 143 Å². The van der Waals surface area contributed by atoms with Crippen LogP contribution in [0.2, 0.25) is 0 Å². The molecule has 2 rings (SSSR count). The van der Waals surface area contributed by atoms with Gasteiger partial charge in [0.2, 0.25) is 23.6 Å². The third-order valence-electron chi connectivity index (χ3n) is 9.62. The number of rotatable bonds is 18. The second-order valence-corrected chi connectivity index (χ2v) is 14.0. The van der Waals surface area contributed by atoms with Crippen LogP contribution in [0.3, 0.4) is 0 Å². The monoisotopic (exact) mass is 659 g/mol. The third-order valence-corrected chi connectivity index (χ3v) is 9.62. The molecule has 1 saturated heterocycles. The lowest BCUT2D eigenvalue weighted by Gasteiger charge is -2.41. The molecule has 7 unspecified atom stereocenters. The number of carbonyl (C=O) groups excluding carboxylic acids is 4. The van der Waals surface area contributed by atoms with Crippen molar-refractivity contribution >= 4 is 23.6 Å². The maximum atomic E-state index is 14.0. The Morgan fingerprint density at radius 1 is 1.06 bits per heavy atom. The fourth-order valence-electron chi connectivity index (χ4n) is 6.50. The SMILES string of the molecule is CCC(C)C(C(CC(=O)N1CCCC1C(OC)C(C)C(=O)NCCc1ccccc1)OC)N(C)C(=O)C(NC(=O)C(C)(C)N)C(C)C. The van der Waals surface area contributed by atoms with E-state index >= 15 is 0 Å². The van der Waals surface area contributed by atoms with Gasteiger partial charge < -0.3 is 35.6 Å². The maximum Gasteiger partial charge on any atom is 0.245 e. The van der Waals surface area contributed by atoms with Crippen LogP contribution in [0.5, 0.6) is 0 Å². The standard InChI is InChI=1S/C36H61N5O6/c1-11-24(4)31(40(8)34(44)30(23(2)3)39-35(45)36(6,7)37)28(46-9)22-29(42)41-21-15-18-27(41)32(47-10)25(5)33(43)38-20-19-26-16-13-12-14-17-26/h12-14,16-17,23-25,27-28,30-32H,11,15,18-22,37H2,1-10H3,(H,38,43)(H,39,45). The molecule has 1 aliphatic heterocycles. The number of likely N-dealkylation sites (N-methyl/N-ethyl adjacent to an activating group) is 1. The van der Waals surface area contributed by atoms with Crippen molar-refractivity contribution in [3.63, 3.8) is 0 Å². The third kappa shape index (κ3) is 11.0. The van der Waals surface area contributed by atoms with Gasteiger partial charge in [-0.1, -0.05) is 71.4 Å². The molecule has 0 spiro atoms. The molecule has 1 aliphatic rings. The summed E-state index contributed by atoms with van der Waals surface area (Å²) in [7, 11) is 4.86. The van der Waals surface area contributed by atoms with Gasteiger partial charge >= 0.3 is 0 Å². The van der Waals surface area contributed by atoms with Gasteiger partial charge in [-0.25, -0.2) is 0 Å². The normalized spacial score (nSPS) is 19.0. The minimum atomic E-state index is -1.14. The molecule has 0 bridgehead atoms. The van der Waals surface area contributed by atoms with Crippen molar-refractivity contribution in [1.29, 1.82) is 0 Å². The van der Waals surface area contributed by atoms with E-state index < -0.39 is 41.7 Å². The summed E-state index contributed by atoms with van der Waals surface area (Å²) >= 11 is 0. The minimum absolute atomic E-state index is 0.00290. The summed E-state index contributed by atoms with van der Waals surface area (Å²) < 4.78 is 11.8. The predicted molar refractivity (Wildman–Crippen MR) is 184 cm³/mol. The average molecular weight is 660 g/mol. The number of amides is 4. The molecule has 0 aliphatic carbocycles. The van der Waals surface area contributed by atoms with Crippen molar-refractivity contribution < 1.29 is 28.7 Å². The summed E-state index contributed by atoms with van der Waals surface area (Å²) in [5, 5.41) is 5.87. The largest absolute Gasteiger partial charge is 0.379 e. The van der Waals surface area contributed by atoms with E-state index in [1.807, 2.05) is 69.9 Å². The van der Waals surface area contributed by atoms with E-state index in [4.69, 9.17) is 15.2 Å². The Labute approximate surface area is 282 Å². The molecule has 11 nitrogen and oxygen atoms in total. The van der Waals surface area contributed by atoms with Crippen molar-refractivity contribution in [3.05, 3.63) is 35.9 Å². The van der Waals surface area contributed by atoms with Crippen LogP contribution in [-0.2, 0) is 35.1 Å². The quantitative estimate of drug-likeness (QED) is 0.220. The molecule has 1 aromatic rings. The van der Waals surface area contributed by atoms with Crippen molar-refractivity contribution in [2.45, 2.75) is 116 Å². The van der Waals surface area contributed by atoms with Gasteiger partial charge in [-0.05, 0) is 50.5 Å². The number of likely N-dealkylation sites (tertiary alicyclic amines) is 1. The Balaban J connectivity index is 2.19. The Kier molecular flexibility index (Phi) is 15.8. The van der Waals surface area contributed by atoms with Crippen molar-refractivity contribution in [1.82, 2.24) is 20.4 Å². The highest BCUT2D eigenvalue weighted by Gasteiger charge is 2.43. The number of ether oxygens (including phenoxy) is 2. The van der Waals surface area contributed by atoms with Crippen LogP contribution < -0.4 is 16.4 Å². The van der Waals surface area contributed by atoms with E-state index in [0.717, 1.165) is 31.2 Å². The van der Waals surface area contributed by atoms with Crippen LogP contribution >= 0.6 is 0 Å². The number of methoxy groups -OCH3 is 2. The summed E-state index contributed by atoms with van der Waals surface area (Å²) in [6.07, 6.45) is 1.99. The Bertz CT molecular complexity index is 1160. The first-order chi connectivity index (χ1) is 22.1. The summed E-state index contributed by atoms with van der Waals surface area (Å²) in [6, 6.07) is 8.51. The number of benzene rings is 1. The number of nitrogens with one attached hydrogen (secondary N) is 2. The summed E-state index contributed by atoms with van der Waals surface area (Å²) in [5.41, 5.74) is 6.01. The molecule has 1 fully saturated rings. The highest BCUT2D eigenvalue weighted by Crippen LogP contribution is 2.29. The molecule has 4 amide bonds. The number of nitrogens with two attached hydrogens (primary N) is 1. The molecule has 1 heterocycles. The van der Waals surface area contributed by atoms with Gasteiger partial charge in [0.15, 0.2) is 0 Å². The van der Waals surface area contributed by atoms with E-state index in [-0.39, 0.29) is 42.0 Å². The molecule has 4 N–H and O–H groups in total. The van der Waals surface area contributed by atoms with Crippen LogP contribution in [0.25, 0.3) is 0 Å². The molecule has 0 aromatic heterocycles. The fraction of sp³-hybridized carbons (Fsp3) is 0.722. The zero-order chi connectivity index (χ0) is 35.5. The second-order valence-electron chi connectivity index (χ2n) is 14.0. The molecule has 266 valence electrons. The highest BCUT2D eigenvalue weighted by molar-refractivity contribution is 5.91. The van der Waals surface area contributed by atoms with Crippen molar-refractivity contribution in [3.8, 4) is 0 Å². The van der Waals surface area contributed by atoms with Gasteiger partial charge in [-0.15, -0.1) is 0 Å². The lowest BCUT2D eigenvalue weighted by Crippen LogP contribution is -2.60. The van der Waals surface area contributed by atoms with Crippen molar-refractivity contribution in [2.24, 2.45) is 23.5 Å². The second kappa shape index (κ2) is 18.5. The van der Waals surface area contributed by atoms with Gasteiger partial charge in [0.1, 0.15) is 6.04 Å². The van der Waals surface area contributed by atoms with Gasteiger partial charge in [0.05, 0.1) is 42.2 Å². The molecular weight excluding hydrogens is 598 g/mol. The molecule has 0 saturated carbocycles. The first-order valence-corrected chi connectivity index (χ1v) is 17.1. The first kappa shape index (κ1) is 40.2. The predicted octanol–water partition coefficient (Wildman–Crippen LogP) is 3.14. The zero-order valence-electron chi connectivity index (χ0n) is 30.4. The van der Waals surface area contributed by atoms with Gasteiger partial charge in [-0.3, -0.25) is 19.2 Å². The van der Waals surface area contributed by atoms with E-state index in [1.54, 1.807) is 40.0 Å². The van der Waals surface area contributed by atoms with Crippen molar-refractivity contribution in [2.75, 3.05) is 34.4 Å². The lowest BCUT2D eigenvalue weighted by atomic mass is 9.89. The number of hydrogen-bond donors (Lipinski definition) is 3. The van der Waals surface area contributed by atoms with Crippen LogP contribution in [0.4, 0.5) is 0 Å². The van der Waals surface area contributed by atoms with E-state index in [2.05, 4.69) is 10.6 Å². The smallest absolute Gasteiger partial charge is 0.245 e. The van der Waals surface area contributed by atoms with Crippen LogP contribution in [0.1, 0.15) is 79.7 Å².